The van der Waals surface area contributed by atoms with Gasteiger partial charge < -0.3 is 15.8 Å². The van der Waals surface area contributed by atoms with Crippen molar-refractivity contribution in [3.8, 4) is 0 Å². The van der Waals surface area contributed by atoms with Crippen molar-refractivity contribution in [1.82, 2.24) is 10.2 Å². The van der Waals surface area contributed by atoms with Gasteiger partial charge in [-0.25, -0.2) is 0 Å². The van der Waals surface area contributed by atoms with Crippen molar-refractivity contribution in [1.29, 1.82) is 0 Å². The molecule has 0 spiro atoms. The summed E-state index contributed by atoms with van der Waals surface area (Å²) in [4.78, 5) is 7.20. The Morgan fingerprint density at radius 1 is 1.37 bits per heavy atom. The molecule has 0 bridgehead atoms. The topological polar surface area (TPSA) is 62.9 Å². The highest BCUT2D eigenvalue weighted by Crippen LogP contribution is 2.38. The lowest BCUT2D eigenvalue weighted by Crippen LogP contribution is -2.44. The van der Waals surface area contributed by atoms with Crippen LogP contribution in [0, 0.1) is 0 Å². The fraction of sp³-hybridized carbons (Fsp3) is 0.650. The van der Waals surface area contributed by atoms with E-state index in [0.717, 1.165) is 49.7 Å². The summed E-state index contributed by atoms with van der Waals surface area (Å²) in [5.41, 5.74) is 7.26. The first-order valence-electron chi connectivity index (χ1n) is 9.75. The maximum absolute atomic E-state index is 6.50. The molecule has 1 atom stereocenters. The quantitative estimate of drug-likeness (QED) is 0.353. The Balaban J connectivity index is 0.00000261. The second-order valence-electron chi connectivity index (χ2n) is 7.38. The van der Waals surface area contributed by atoms with E-state index in [4.69, 9.17) is 27.1 Å². The summed E-state index contributed by atoms with van der Waals surface area (Å²) >= 11 is 6.50. The zero-order valence-electron chi connectivity index (χ0n) is 16.1. The van der Waals surface area contributed by atoms with Gasteiger partial charge in [0, 0.05) is 36.2 Å². The number of nitrogens with two attached hydrogens (primary N) is 1. The van der Waals surface area contributed by atoms with Gasteiger partial charge in [0.15, 0.2) is 5.96 Å². The summed E-state index contributed by atoms with van der Waals surface area (Å²) in [5.74, 6) is 0.533. The van der Waals surface area contributed by atoms with Crippen LogP contribution in [0.25, 0.3) is 0 Å². The monoisotopic (exact) mass is 506 g/mol. The van der Waals surface area contributed by atoms with Crippen molar-refractivity contribution >= 4 is 41.5 Å². The van der Waals surface area contributed by atoms with E-state index in [0.29, 0.717) is 18.5 Å². The molecule has 1 aromatic carbocycles. The molecule has 2 aliphatic rings. The van der Waals surface area contributed by atoms with E-state index in [1.54, 1.807) is 0 Å². The molecule has 0 aliphatic carbocycles. The number of nitrogens with zero attached hydrogens (tertiary/aromatic N) is 2. The average Bonchev–Trinajstić information content (AvgIpc) is 3.13. The smallest absolute Gasteiger partial charge is 0.188 e. The van der Waals surface area contributed by atoms with Crippen LogP contribution in [-0.4, -0.2) is 56.3 Å². The van der Waals surface area contributed by atoms with Gasteiger partial charge in [-0.3, -0.25) is 9.89 Å². The highest BCUT2D eigenvalue weighted by Gasteiger charge is 2.36. The van der Waals surface area contributed by atoms with Gasteiger partial charge in [0.1, 0.15) is 0 Å². The lowest BCUT2D eigenvalue weighted by atomic mass is 9.74. The molecule has 3 rings (SSSR count). The van der Waals surface area contributed by atoms with Gasteiger partial charge in [-0.15, -0.1) is 24.0 Å². The zero-order valence-corrected chi connectivity index (χ0v) is 19.2. The number of ether oxygens (including phenoxy) is 1. The number of benzene rings is 1. The van der Waals surface area contributed by atoms with Crippen molar-refractivity contribution in [2.75, 3.05) is 39.4 Å². The number of hydrogen-bond donors (Lipinski definition) is 2. The molecule has 2 fully saturated rings. The standard InChI is InChI=1S/C20H31ClN4O.HI/c1-2-25-11-5-6-16(25)14-23-19(22)24-15-20(9-12-26-13-10-20)17-7-3-4-8-18(17)21;/h3-4,7-8,16H,2,5-6,9-15H2,1H3,(H3,22,23,24);1H. The van der Waals surface area contributed by atoms with Crippen LogP contribution >= 0.6 is 35.6 Å². The molecule has 0 aromatic heterocycles. The average molecular weight is 507 g/mol. The Morgan fingerprint density at radius 2 is 2.11 bits per heavy atom. The van der Waals surface area contributed by atoms with Crippen LogP contribution in [0.4, 0.5) is 0 Å². The number of likely N-dealkylation sites (N-methyl/N-ethyl adjacent to an activating group) is 1. The molecule has 152 valence electrons. The second-order valence-corrected chi connectivity index (χ2v) is 7.79. The molecule has 2 aliphatic heterocycles. The summed E-state index contributed by atoms with van der Waals surface area (Å²) in [6.07, 6.45) is 4.33. The molecule has 27 heavy (non-hydrogen) atoms. The summed E-state index contributed by atoms with van der Waals surface area (Å²) in [6.45, 7) is 7.48. The maximum Gasteiger partial charge on any atom is 0.188 e. The van der Waals surface area contributed by atoms with Gasteiger partial charge in [0.2, 0.25) is 0 Å². The lowest BCUT2D eigenvalue weighted by molar-refractivity contribution is 0.0531. The molecule has 0 radical (unpaired) electrons. The first-order chi connectivity index (χ1) is 12.6. The third-order valence-electron chi connectivity index (χ3n) is 5.87. The minimum Gasteiger partial charge on any atom is -0.381 e. The maximum atomic E-state index is 6.50. The lowest BCUT2D eigenvalue weighted by Gasteiger charge is -2.37. The number of likely N-dealkylation sites (tertiary alicyclic amines) is 1. The molecular weight excluding hydrogens is 475 g/mol. The SMILES string of the molecule is CCN1CCCC1CNC(N)=NCC1(c2ccccc2Cl)CCOCC1.I. The first kappa shape index (κ1) is 22.7. The fourth-order valence-corrected chi connectivity index (χ4v) is 4.56. The third kappa shape index (κ3) is 5.71. The summed E-state index contributed by atoms with van der Waals surface area (Å²) < 4.78 is 5.59. The number of halogens is 2. The third-order valence-corrected chi connectivity index (χ3v) is 6.20. The van der Waals surface area contributed by atoms with E-state index in [2.05, 4.69) is 23.2 Å². The number of guanidine groups is 1. The molecule has 1 unspecified atom stereocenters. The van der Waals surface area contributed by atoms with Crippen LogP contribution in [0.1, 0.15) is 38.2 Å². The van der Waals surface area contributed by atoms with E-state index in [9.17, 15) is 0 Å². The van der Waals surface area contributed by atoms with Gasteiger partial charge in [-0.05, 0) is 50.4 Å². The van der Waals surface area contributed by atoms with E-state index < -0.39 is 0 Å². The predicted molar refractivity (Wildman–Crippen MR) is 123 cm³/mol. The predicted octanol–water partition coefficient (Wildman–Crippen LogP) is 3.39. The minimum absolute atomic E-state index is 0. The fourth-order valence-electron chi connectivity index (χ4n) is 4.22. The number of nitrogens with one attached hydrogen (secondary N) is 1. The van der Waals surface area contributed by atoms with Gasteiger partial charge >= 0.3 is 0 Å². The van der Waals surface area contributed by atoms with Crippen LogP contribution in [0.5, 0.6) is 0 Å². The normalized spacial score (nSPS) is 23.0. The molecule has 0 amide bonds. The van der Waals surface area contributed by atoms with Gasteiger partial charge in [0.25, 0.3) is 0 Å². The Kier molecular flexibility index (Phi) is 9.11. The minimum atomic E-state index is -0.0916. The Labute approximate surface area is 185 Å². The van der Waals surface area contributed by atoms with Crippen molar-refractivity contribution in [2.24, 2.45) is 10.7 Å². The van der Waals surface area contributed by atoms with Gasteiger partial charge in [-0.1, -0.05) is 36.7 Å². The van der Waals surface area contributed by atoms with Crippen LogP contribution in [0.3, 0.4) is 0 Å². The molecule has 3 N–H and O–H groups in total. The molecule has 5 nitrogen and oxygen atoms in total. The zero-order chi connectivity index (χ0) is 18.4. The molecule has 0 saturated carbocycles. The summed E-state index contributed by atoms with van der Waals surface area (Å²) in [7, 11) is 0. The van der Waals surface area contributed by atoms with Crippen LogP contribution in [0.15, 0.2) is 29.3 Å². The largest absolute Gasteiger partial charge is 0.381 e. The van der Waals surface area contributed by atoms with Crippen LogP contribution in [-0.2, 0) is 10.2 Å². The van der Waals surface area contributed by atoms with Crippen LogP contribution in [0.2, 0.25) is 5.02 Å². The van der Waals surface area contributed by atoms with Gasteiger partial charge in [-0.2, -0.15) is 0 Å². The molecular formula is C20H32ClIN4O. The summed E-state index contributed by atoms with van der Waals surface area (Å²) in [5, 5.41) is 4.14. The molecule has 1 aromatic rings. The van der Waals surface area contributed by atoms with E-state index in [1.165, 1.54) is 19.4 Å². The molecule has 2 saturated heterocycles. The van der Waals surface area contributed by atoms with Crippen molar-refractivity contribution in [3.05, 3.63) is 34.9 Å². The Morgan fingerprint density at radius 3 is 2.81 bits per heavy atom. The number of rotatable bonds is 6. The van der Waals surface area contributed by atoms with E-state index in [1.807, 2.05) is 18.2 Å². The second kappa shape index (κ2) is 10.8. The highest BCUT2D eigenvalue weighted by molar-refractivity contribution is 14.0. The first-order valence-corrected chi connectivity index (χ1v) is 10.1. The van der Waals surface area contributed by atoms with Crippen molar-refractivity contribution in [3.63, 3.8) is 0 Å². The van der Waals surface area contributed by atoms with Gasteiger partial charge in [0.05, 0.1) is 6.54 Å². The van der Waals surface area contributed by atoms with E-state index in [-0.39, 0.29) is 29.4 Å². The Bertz CT molecular complexity index is 622. The van der Waals surface area contributed by atoms with Crippen LogP contribution < -0.4 is 11.1 Å². The summed E-state index contributed by atoms with van der Waals surface area (Å²) in [6, 6.07) is 8.65. The highest BCUT2D eigenvalue weighted by atomic mass is 127. The Hall–Kier alpha value is -0.570. The number of hydrogen-bond acceptors (Lipinski definition) is 3. The van der Waals surface area contributed by atoms with Crippen molar-refractivity contribution < 1.29 is 4.74 Å². The van der Waals surface area contributed by atoms with E-state index >= 15 is 0 Å². The molecule has 2 heterocycles. The number of aliphatic imine (C=N–C) groups is 1. The molecule has 7 heteroatoms. The van der Waals surface area contributed by atoms with Crippen molar-refractivity contribution in [2.45, 2.75) is 44.1 Å².